The predicted octanol–water partition coefficient (Wildman–Crippen LogP) is 4.75. The third kappa shape index (κ3) is 4.97. The van der Waals surface area contributed by atoms with Crippen LogP contribution in [0.2, 0.25) is 0 Å². The van der Waals surface area contributed by atoms with Gasteiger partial charge in [-0.05, 0) is 68.5 Å². The fraction of sp³-hybridized carbons (Fsp3) is 0.364. The lowest BCUT2D eigenvalue weighted by molar-refractivity contribution is 0.197. The molecule has 0 spiro atoms. The maximum absolute atomic E-state index is 9.35. The van der Waals surface area contributed by atoms with Gasteiger partial charge in [-0.2, -0.15) is 0 Å². The highest BCUT2D eigenvalue weighted by molar-refractivity contribution is 5.53. The van der Waals surface area contributed by atoms with E-state index in [0.29, 0.717) is 5.75 Å². The van der Waals surface area contributed by atoms with Crippen molar-refractivity contribution in [2.75, 3.05) is 19.6 Å². The third-order valence-electron chi connectivity index (χ3n) is 4.85. The minimum atomic E-state index is 0.324. The Morgan fingerprint density at radius 1 is 1.04 bits per heavy atom. The van der Waals surface area contributed by atoms with E-state index >= 15 is 0 Å². The molecule has 0 aromatic heterocycles. The molecule has 3 rings (SSSR count). The fourth-order valence-electron chi connectivity index (χ4n) is 3.55. The van der Waals surface area contributed by atoms with Crippen LogP contribution in [-0.2, 0) is 6.42 Å². The third-order valence-corrected chi connectivity index (χ3v) is 4.85. The quantitative estimate of drug-likeness (QED) is 0.859. The van der Waals surface area contributed by atoms with Crippen LogP contribution in [0.15, 0.2) is 60.2 Å². The van der Waals surface area contributed by atoms with Crippen molar-refractivity contribution in [1.29, 1.82) is 0 Å². The number of piperidine rings is 1. The fourth-order valence-corrected chi connectivity index (χ4v) is 3.55. The molecule has 2 aromatic carbocycles. The normalized spacial score (nSPS) is 17.1. The molecule has 0 bridgehead atoms. The van der Waals surface area contributed by atoms with Gasteiger partial charge in [-0.3, -0.25) is 4.90 Å². The molecule has 0 amide bonds. The Morgan fingerprint density at radius 3 is 2.38 bits per heavy atom. The Balaban J connectivity index is 1.47. The van der Waals surface area contributed by atoms with E-state index in [9.17, 15) is 5.11 Å². The zero-order valence-corrected chi connectivity index (χ0v) is 14.5. The van der Waals surface area contributed by atoms with Gasteiger partial charge in [0.1, 0.15) is 5.75 Å². The first-order valence-electron chi connectivity index (χ1n) is 8.91. The number of hydrogen-bond acceptors (Lipinski definition) is 2. The molecule has 2 nitrogen and oxygen atoms in total. The van der Waals surface area contributed by atoms with E-state index in [4.69, 9.17) is 0 Å². The van der Waals surface area contributed by atoms with Crippen molar-refractivity contribution in [2.45, 2.75) is 26.2 Å². The summed E-state index contributed by atoms with van der Waals surface area (Å²) in [5.74, 6) is 1.15. The molecule has 24 heavy (non-hydrogen) atoms. The van der Waals surface area contributed by atoms with Gasteiger partial charge >= 0.3 is 0 Å². The topological polar surface area (TPSA) is 23.5 Å². The number of rotatable bonds is 5. The highest BCUT2D eigenvalue weighted by atomic mass is 16.3. The largest absolute Gasteiger partial charge is 0.508 e. The van der Waals surface area contributed by atoms with Crippen LogP contribution in [0, 0.1) is 5.92 Å². The van der Waals surface area contributed by atoms with Gasteiger partial charge < -0.3 is 5.11 Å². The SMILES string of the molecule is CC(=Cc1ccc(O)cc1)CN1CCC(Cc2ccccc2)CC1. The van der Waals surface area contributed by atoms with Crippen LogP contribution in [0.5, 0.6) is 5.75 Å². The van der Waals surface area contributed by atoms with Crippen LogP contribution >= 0.6 is 0 Å². The number of phenols is 1. The van der Waals surface area contributed by atoms with Gasteiger partial charge in [0.2, 0.25) is 0 Å². The molecule has 0 saturated carbocycles. The summed E-state index contributed by atoms with van der Waals surface area (Å²) in [6.07, 6.45) is 6.02. The number of nitrogens with zero attached hydrogens (tertiary/aromatic N) is 1. The van der Waals surface area contributed by atoms with E-state index in [1.807, 2.05) is 12.1 Å². The summed E-state index contributed by atoms with van der Waals surface area (Å²) in [6.45, 7) is 5.62. The van der Waals surface area contributed by atoms with Crippen LogP contribution < -0.4 is 0 Å². The van der Waals surface area contributed by atoms with Crippen LogP contribution in [0.1, 0.15) is 30.9 Å². The summed E-state index contributed by atoms with van der Waals surface area (Å²) < 4.78 is 0. The molecular formula is C22H27NO. The summed E-state index contributed by atoms with van der Waals surface area (Å²) in [5, 5.41) is 9.35. The maximum atomic E-state index is 9.35. The van der Waals surface area contributed by atoms with E-state index in [-0.39, 0.29) is 0 Å². The lowest BCUT2D eigenvalue weighted by Gasteiger charge is -2.32. The van der Waals surface area contributed by atoms with E-state index in [0.717, 1.165) is 18.0 Å². The average Bonchev–Trinajstić information content (AvgIpc) is 2.60. The molecule has 1 aliphatic heterocycles. The molecular weight excluding hydrogens is 294 g/mol. The summed E-state index contributed by atoms with van der Waals surface area (Å²) in [5.41, 5.74) is 4.01. The molecule has 2 heteroatoms. The minimum absolute atomic E-state index is 0.324. The molecule has 1 N–H and O–H groups in total. The number of likely N-dealkylation sites (tertiary alicyclic amines) is 1. The van der Waals surface area contributed by atoms with Crippen molar-refractivity contribution in [1.82, 2.24) is 4.90 Å². The van der Waals surface area contributed by atoms with E-state index in [1.54, 1.807) is 12.1 Å². The van der Waals surface area contributed by atoms with Crippen molar-refractivity contribution >= 4 is 6.08 Å². The Morgan fingerprint density at radius 2 is 1.71 bits per heavy atom. The van der Waals surface area contributed by atoms with Gasteiger partial charge in [-0.25, -0.2) is 0 Å². The maximum Gasteiger partial charge on any atom is 0.115 e. The number of aromatic hydroxyl groups is 1. The lowest BCUT2D eigenvalue weighted by atomic mass is 9.90. The van der Waals surface area contributed by atoms with Gasteiger partial charge in [0.05, 0.1) is 0 Å². The second kappa shape index (κ2) is 8.16. The summed E-state index contributed by atoms with van der Waals surface area (Å²) >= 11 is 0. The first-order chi connectivity index (χ1) is 11.7. The van der Waals surface area contributed by atoms with E-state index < -0.39 is 0 Å². The second-order valence-electron chi connectivity index (χ2n) is 6.99. The second-order valence-corrected chi connectivity index (χ2v) is 6.99. The van der Waals surface area contributed by atoms with E-state index in [2.05, 4.69) is 48.2 Å². The van der Waals surface area contributed by atoms with Gasteiger partial charge in [0.15, 0.2) is 0 Å². The average molecular weight is 321 g/mol. The zero-order chi connectivity index (χ0) is 16.8. The summed E-state index contributed by atoms with van der Waals surface area (Å²) in [7, 11) is 0. The predicted molar refractivity (Wildman–Crippen MR) is 101 cm³/mol. The summed E-state index contributed by atoms with van der Waals surface area (Å²) in [4.78, 5) is 2.56. The molecule has 1 saturated heterocycles. The molecule has 126 valence electrons. The van der Waals surface area contributed by atoms with Gasteiger partial charge in [-0.1, -0.05) is 54.1 Å². The molecule has 0 aliphatic carbocycles. The molecule has 1 aliphatic rings. The standard InChI is InChI=1S/C22H27NO/c1-18(15-20-7-9-22(24)10-8-20)17-23-13-11-21(12-14-23)16-19-5-3-2-4-6-19/h2-10,15,21,24H,11-14,16-17H2,1H3. The molecule has 1 fully saturated rings. The van der Waals surface area contributed by atoms with Crippen molar-refractivity contribution in [3.05, 3.63) is 71.3 Å². The highest BCUT2D eigenvalue weighted by Crippen LogP contribution is 2.22. The monoisotopic (exact) mass is 321 g/mol. The van der Waals surface area contributed by atoms with Gasteiger partial charge in [-0.15, -0.1) is 0 Å². The molecule has 0 unspecified atom stereocenters. The van der Waals surface area contributed by atoms with Gasteiger partial charge in [0, 0.05) is 6.54 Å². The minimum Gasteiger partial charge on any atom is -0.508 e. The highest BCUT2D eigenvalue weighted by Gasteiger charge is 2.19. The van der Waals surface area contributed by atoms with Crippen LogP contribution in [0.4, 0.5) is 0 Å². The number of phenolic OH excluding ortho intramolecular Hbond substituents is 1. The number of hydrogen-bond donors (Lipinski definition) is 1. The smallest absolute Gasteiger partial charge is 0.115 e. The van der Waals surface area contributed by atoms with Crippen LogP contribution in [0.3, 0.4) is 0 Å². The van der Waals surface area contributed by atoms with Gasteiger partial charge in [0.25, 0.3) is 0 Å². The lowest BCUT2D eigenvalue weighted by Crippen LogP contribution is -2.35. The summed E-state index contributed by atoms with van der Waals surface area (Å²) in [6, 6.07) is 18.3. The van der Waals surface area contributed by atoms with E-state index in [1.165, 1.54) is 43.5 Å². The Labute approximate surface area is 145 Å². The number of benzene rings is 2. The molecule has 1 heterocycles. The van der Waals surface area contributed by atoms with Crippen molar-refractivity contribution < 1.29 is 5.11 Å². The van der Waals surface area contributed by atoms with Crippen molar-refractivity contribution in [2.24, 2.45) is 5.92 Å². The Hall–Kier alpha value is -2.06. The van der Waals surface area contributed by atoms with Crippen LogP contribution in [-0.4, -0.2) is 29.6 Å². The van der Waals surface area contributed by atoms with Crippen molar-refractivity contribution in [3.63, 3.8) is 0 Å². The molecule has 0 atom stereocenters. The first kappa shape index (κ1) is 16.8. The Kier molecular flexibility index (Phi) is 5.71. The molecule has 0 radical (unpaired) electrons. The Bertz CT molecular complexity index is 652. The van der Waals surface area contributed by atoms with Crippen LogP contribution in [0.25, 0.3) is 6.08 Å². The van der Waals surface area contributed by atoms with Crippen molar-refractivity contribution in [3.8, 4) is 5.75 Å². The first-order valence-corrected chi connectivity index (χ1v) is 8.91. The zero-order valence-electron chi connectivity index (χ0n) is 14.5. The molecule has 2 aromatic rings.